The Morgan fingerprint density at radius 3 is 1.85 bits per heavy atom. The molecular formula is C10H22N2O. The second-order valence-electron chi connectivity index (χ2n) is 5.17. The van der Waals surface area contributed by atoms with Crippen LogP contribution >= 0.6 is 0 Å². The molecule has 0 rings (SSSR count). The van der Waals surface area contributed by atoms with Gasteiger partial charge in [0.25, 0.3) is 0 Å². The quantitative estimate of drug-likeness (QED) is 0.716. The van der Waals surface area contributed by atoms with Crippen molar-refractivity contribution in [1.29, 1.82) is 0 Å². The van der Waals surface area contributed by atoms with E-state index in [9.17, 15) is 4.79 Å². The smallest absolute Gasteiger partial charge is 0.165 e. The summed E-state index contributed by atoms with van der Waals surface area (Å²) in [5, 5.41) is 0. The van der Waals surface area contributed by atoms with Crippen molar-refractivity contribution in [2.24, 2.45) is 5.73 Å². The lowest BCUT2D eigenvalue weighted by Crippen LogP contribution is -2.50. The van der Waals surface area contributed by atoms with Crippen LogP contribution in [-0.2, 0) is 4.79 Å². The van der Waals surface area contributed by atoms with Crippen molar-refractivity contribution in [3.05, 3.63) is 0 Å². The second kappa shape index (κ2) is 3.76. The average Bonchev–Trinajstić information content (AvgIpc) is 1.82. The fourth-order valence-corrected chi connectivity index (χ4v) is 0.656. The summed E-state index contributed by atoms with van der Waals surface area (Å²) >= 11 is 0. The molecule has 0 aliphatic rings. The van der Waals surface area contributed by atoms with Gasteiger partial charge in [-0.1, -0.05) is 0 Å². The molecule has 0 fully saturated rings. The molecule has 0 saturated heterocycles. The van der Waals surface area contributed by atoms with Crippen molar-refractivity contribution < 1.29 is 4.79 Å². The van der Waals surface area contributed by atoms with Crippen LogP contribution in [-0.4, -0.2) is 35.4 Å². The Hall–Kier alpha value is -0.410. The van der Waals surface area contributed by atoms with Gasteiger partial charge < -0.3 is 5.73 Å². The maximum absolute atomic E-state index is 11.6. The van der Waals surface area contributed by atoms with Gasteiger partial charge in [-0.15, -0.1) is 0 Å². The molecule has 0 aliphatic carbocycles. The van der Waals surface area contributed by atoms with Crippen LogP contribution in [0.25, 0.3) is 0 Å². The maximum Gasteiger partial charge on any atom is 0.165 e. The van der Waals surface area contributed by atoms with E-state index in [1.807, 2.05) is 11.9 Å². The van der Waals surface area contributed by atoms with Crippen molar-refractivity contribution in [3.63, 3.8) is 0 Å². The summed E-state index contributed by atoms with van der Waals surface area (Å²) in [4.78, 5) is 13.6. The largest absolute Gasteiger partial charge is 0.319 e. The highest BCUT2D eigenvalue weighted by Crippen LogP contribution is 2.11. The van der Waals surface area contributed by atoms with E-state index >= 15 is 0 Å². The Morgan fingerprint density at radius 1 is 1.23 bits per heavy atom. The third-order valence-corrected chi connectivity index (χ3v) is 2.24. The van der Waals surface area contributed by atoms with Gasteiger partial charge in [0.1, 0.15) is 0 Å². The summed E-state index contributed by atoms with van der Waals surface area (Å²) in [5.41, 5.74) is 4.99. The van der Waals surface area contributed by atoms with Gasteiger partial charge in [-0.2, -0.15) is 0 Å². The molecule has 0 aliphatic heterocycles. The predicted molar refractivity (Wildman–Crippen MR) is 55.7 cm³/mol. The SMILES string of the molecule is CN(CC(=O)C(C)(C)N)C(C)(C)C. The highest BCUT2D eigenvalue weighted by Gasteiger charge is 2.26. The number of Topliss-reactive ketones (excluding diaryl/α,β-unsaturated/α-hetero) is 1. The number of carbonyl (C=O) groups excluding carboxylic acids is 1. The van der Waals surface area contributed by atoms with Crippen molar-refractivity contribution in [2.75, 3.05) is 13.6 Å². The lowest BCUT2D eigenvalue weighted by atomic mass is 9.98. The van der Waals surface area contributed by atoms with E-state index in [4.69, 9.17) is 5.73 Å². The molecular weight excluding hydrogens is 164 g/mol. The molecule has 3 nitrogen and oxygen atoms in total. The van der Waals surface area contributed by atoms with Gasteiger partial charge in [-0.3, -0.25) is 9.69 Å². The van der Waals surface area contributed by atoms with E-state index < -0.39 is 5.54 Å². The topological polar surface area (TPSA) is 46.3 Å². The molecule has 0 heterocycles. The minimum absolute atomic E-state index is 0.0148. The van der Waals surface area contributed by atoms with Crippen molar-refractivity contribution in [3.8, 4) is 0 Å². The zero-order chi connectivity index (χ0) is 10.9. The van der Waals surface area contributed by atoms with Crippen LogP contribution in [0.4, 0.5) is 0 Å². The first kappa shape index (κ1) is 12.6. The van der Waals surface area contributed by atoms with E-state index in [1.165, 1.54) is 0 Å². The molecule has 2 N–H and O–H groups in total. The average molecular weight is 186 g/mol. The summed E-state index contributed by atoms with van der Waals surface area (Å²) in [6.45, 7) is 10.1. The van der Waals surface area contributed by atoms with Crippen LogP contribution in [0.3, 0.4) is 0 Å². The number of nitrogens with zero attached hydrogens (tertiary/aromatic N) is 1. The van der Waals surface area contributed by atoms with Crippen molar-refractivity contribution in [1.82, 2.24) is 4.90 Å². The summed E-state index contributed by atoms with van der Waals surface area (Å²) in [6, 6.07) is 0. The predicted octanol–water partition coefficient (Wildman–Crippen LogP) is 1.02. The molecule has 78 valence electrons. The molecule has 13 heavy (non-hydrogen) atoms. The van der Waals surface area contributed by atoms with E-state index in [0.29, 0.717) is 6.54 Å². The molecule has 0 atom stereocenters. The van der Waals surface area contributed by atoms with Crippen LogP contribution in [0.1, 0.15) is 34.6 Å². The molecule has 0 radical (unpaired) electrons. The van der Waals surface area contributed by atoms with E-state index in [-0.39, 0.29) is 11.3 Å². The van der Waals surface area contributed by atoms with Crippen LogP contribution in [0.5, 0.6) is 0 Å². The fourth-order valence-electron chi connectivity index (χ4n) is 0.656. The van der Waals surface area contributed by atoms with E-state index in [2.05, 4.69) is 20.8 Å². The Labute approximate surface area is 81.3 Å². The first-order chi connectivity index (χ1) is 5.55. The number of likely N-dealkylation sites (N-methyl/N-ethyl adjacent to an activating group) is 1. The number of hydrogen-bond donors (Lipinski definition) is 1. The summed E-state index contributed by atoms with van der Waals surface area (Å²) in [5.74, 6) is 0.0740. The Kier molecular flexibility index (Phi) is 3.64. The number of rotatable bonds is 3. The molecule has 0 unspecified atom stereocenters. The monoisotopic (exact) mass is 186 g/mol. The minimum atomic E-state index is -0.723. The lowest BCUT2D eigenvalue weighted by molar-refractivity contribution is -0.125. The van der Waals surface area contributed by atoms with Gasteiger partial charge in [-0.05, 0) is 41.7 Å². The Bertz CT molecular complexity index is 186. The van der Waals surface area contributed by atoms with Crippen molar-refractivity contribution >= 4 is 5.78 Å². The first-order valence-corrected chi connectivity index (χ1v) is 4.58. The molecule has 0 spiro atoms. The number of carbonyl (C=O) groups is 1. The summed E-state index contributed by atoms with van der Waals surface area (Å²) in [7, 11) is 1.93. The molecule has 0 aromatic rings. The Morgan fingerprint density at radius 2 is 1.62 bits per heavy atom. The molecule has 0 aromatic heterocycles. The highest BCUT2D eigenvalue weighted by atomic mass is 16.1. The third kappa shape index (κ3) is 4.39. The Balaban J connectivity index is 4.24. The van der Waals surface area contributed by atoms with E-state index in [0.717, 1.165) is 0 Å². The van der Waals surface area contributed by atoms with Crippen LogP contribution in [0.2, 0.25) is 0 Å². The number of hydrogen-bond acceptors (Lipinski definition) is 3. The van der Waals surface area contributed by atoms with Crippen LogP contribution in [0, 0.1) is 0 Å². The molecule has 0 bridgehead atoms. The van der Waals surface area contributed by atoms with Gasteiger partial charge in [-0.25, -0.2) is 0 Å². The number of ketones is 1. The standard InChI is InChI=1S/C10H22N2O/c1-9(2,3)12(6)7-8(13)10(4,5)11/h7,11H2,1-6H3. The second-order valence-corrected chi connectivity index (χ2v) is 5.17. The van der Waals surface area contributed by atoms with E-state index in [1.54, 1.807) is 13.8 Å². The molecule has 0 aromatic carbocycles. The lowest BCUT2D eigenvalue weighted by Gasteiger charge is -2.33. The van der Waals surface area contributed by atoms with Crippen LogP contribution < -0.4 is 5.73 Å². The van der Waals surface area contributed by atoms with Gasteiger partial charge in [0.15, 0.2) is 5.78 Å². The minimum Gasteiger partial charge on any atom is -0.319 e. The molecule has 0 saturated carbocycles. The third-order valence-electron chi connectivity index (χ3n) is 2.24. The molecule has 3 heteroatoms. The zero-order valence-corrected chi connectivity index (χ0v) is 9.64. The first-order valence-electron chi connectivity index (χ1n) is 4.58. The van der Waals surface area contributed by atoms with Gasteiger partial charge >= 0.3 is 0 Å². The van der Waals surface area contributed by atoms with Crippen LogP contribution in [0.15, 0.2) is 0 Å². The van der Waals surface area contributed by atoms with Gasteiger partial charge in [0.2, 0.25) is 0 Å². The van der Waals surface area contributed by atoms with Crippen molar-refractivity contribution in [2.45, 2.75) is 45.7 Å². The maximum atomic E-state index is 11.6. The van der Waals surface area contributed by atoms with Gasteiger partial charge in [0, 0.05) is 5.54 Å². The summed E-state index contributed by atoms with van der Waals surface area (Å²) in [6.07, 6.45) is 0. The number of nitrogens with two attached hydrogens (primary N) is 1. The summed E-state index contributed by atoms with van der Waals surface area (Å²) < 4.78 is 0. The molecule has 0 amide bonds. The van der Waals surface area contributed by atoms with Gasteiger partial charge in [0.05, 0.1) is 12.1 Å². The zero-order valence-electron chi connectivity index (χ0n) is 9.64. The fraction of sp³-hybridized carbons (Fsp3) is 0.900. The highest BCUT2D eigenvalue weighted by molar-refractivity contribution is 5.89. The normalized spacial score (nSPS) is 13.5.